The van der Waals surface area contributed by atoms with Crippen LogP contribution in [0.25, 0.3) is 22.3 Å². The van der Waals surface area contributed by atoms with Gasteiger partial charge in [-0.2, -0.15) is 53.1 Å². The molecule has 0 bridgehead atoms. The van der Waals surface area contributed by atoms with Gasteiger partial charge in [-0.1, -0.05) is 91.4 Å². The summed E-state index contributed by atoms with van der Waals surface area (Å²) in [5.41, 5.74) is 17.6. The monoisotopic (exact) mass is 630 g/mol. The van der Waals surface area contributed by atoms with Crippen molar-refractivity contribution < 1.29 is 17.9 Å². The molecule has 228 valence electrons. The molecule has 0 aromatic heterocycles. The van der Waals surface area contributed by atoms with Crippen LogP contribution in [0.3, 0.4) is 0 Å². The molecule has 3 aromatic rings. The summed E-state index contributed by atoms with van der Waals surface area (Å²) in [7, 11) is 0. The Morgan fingerprint density at radius 2 is 1.36 bits per heavy atom. The van der Waals surface area contributed by atoms with Crippen LogP contribution in [0.1, 0.15) is 108 Å². The average molecular weight is 632 g/mol. The molecule has 0 nitrogen and oxygen atoms in total. The van der Waals surface area contributed by atoms with E-state index < -0.39 is 0 Å². The molecule has 0 saturated heterocycles. The van der Waals surface area contributed by atoms with Crippen LogP contribution in [0.5, 0.6) is 0 Å². The Balaban J connectivity index is 0.000000230. The number of benzene rings is 3. The Kier molecular flexibility index (Phi) is 11.0. The third-order valence-electron chi connectivity index (χ3n) is 8.88. The number of allylic oxidation sites excluding steroid dienone is 8. The minimum atomic E-state index is 0. The Morgan fingerprint density at radius 3 is 1.84 bits per heavy atom. The number of aryl methyl sites for hydroxylation is 1. The smallest absolute Gasteiger partial charge is 0.358 e. The Hall–Kier alpha value is -2.89. The van der Waals surface area contributed by atoms with Gasteiger partial charge in [0.25, 0.3) is 0 Å². The maximum absolute atomic E-state index is 3.65. The SMILES string of the molecule is CC(C)(C)C1=CC[C-]=C1.CC1=[C-]C(C)(C)c2cc3c(cc21)-c1cc2c(cc1C3)C(C)(C)C=C2C.Cc1cc[c-]cc1.[CH2]=[Zn].[CH3-]. The summed E-state index contributed by atoms with van der Waals surface area (Å²) in [6, 6.07) is 20.6. The fraction of sp³-hybridized carbons (Fsp3) is 0.349. The van der Waals surface area contributed by atoms with Crippen LogP contribution in [-0.2, 0) is 35.1 Å². The van der Waals surface area contributed by atoms with Gasteiger partial charge in [-0.3, -0.25) is 12.2 Å². The van der Waals surface area contributed by atoms with E-state index in [1.165, 1.54) is 66.8 Å². The van der Waals surface area contributed by atoms with Gasteiger partial charge in [-0.05, 0) is 58.4 Å². The maximum atomic E-state index is 3.65. The molecule has 0 amide bonds. The number of rotatable bonds is 0. The van der Waals surface area contributed by atoms with Crippen molar-refractivity contribution in [3.8, 4) is 11.1 Å². The van der Waals surface area contributed by atoms with Gasteiger partial charge in [-0.15, -0.1) is 18.1 Å². The van der Waals surface area contributed by atoms with Crippen molar-refractivity contribution in [1.29, 1.82) is 0 Å². The molecule has 4 aliphatic carbocycles. The second kappa shape index (κ2) is 13.6. The molecule has 1 heteroatoms. The van der Waals surface area contributed by atoms with E-state index in [1.807, 2.05) is 24.3 Å². The van der Waals surface area contributed by atoms with E-state index in [0.29, 0.717) is 5.41 Å². The summed E-state index contributed by atoms with van der Waals surface area (Å²) in [4.78, 5) is 0. The number of hydrogen-bond acceptors (Lipinski definition) is 0. The zero-order valence-corrected chi connectivity index (χ0v) is 32.1. The standard InChI is InChI=1S/C25H25.C9H13.C7H7.CH3.CH2.Zn/c1-14-12-24(3,4)22-8-16-7-17-9-23-19(15(2)13-25(23,5)6)11-21(17)20(16)10-18(14)22;1-9(2,3)8-6-4-5-7-8;1-7-5-3-2-4-6-7;;;/h8-12H,7H2,1-6H3;6-7H,4H2,1-3H3;3-6H,1H3;1H3;1H2;/q4*-1;;. The van der Waals surface area contributed by atoms with E-state index in [1.54, 1.807) is 0 Å². The Bertz CT molecular complexity index is 1540. The van der Waals surface area contributed by atoms with Crippen LogP contribution in [0.4, 0.5) is 0 Å². The van der Waals surface area contributed by atoms with Crippen molar-refractivity contribution in [1.82, 2.24) is 0 Å². The molecule has 7 rings (SSSR count). The minimum Gasteiger partial charge on any atom is -0.358 e. The third-order valence-corrected chi connectivity index (χ3v) is 8.88. The van der Waals surface area contributed by atoms with E-state index in [2.05, 4.69) is 135 Å². The second-order valence-electron chi connectivity index (χ2n) is 14.3. The van der Waals surface area contributed by atoms with Crippen molar-refractivity contribution in [2.24, 2.45) is 5.41 Å². The van der Waals surface area contributed by atoms with Crippen molar-refractivity contribution in [3.05, 3.63) is 137 Å². The molecular formula is C43H50Zn-4. The predicted molar refractivity (Wildman–Crippen MR) is 190 cm³/mol. The van der Waals surface area contributed by atoms with E-state index in [-0.39, 0.29) is 18.3 Å². The van der Waals surface area contributed by atoms with Crippen LogP contribution >= 0.6 is 0 Å². The summed E-state index contributed by atoms with van der Waals surface area (Å²) < 4.78 is 0. The first-order valence-electron chi connectivity index (χ1n) is 15.5. The quantitative estimate of drug-likeness (QED) is 0.134. The normalized spacial score (nSPS) is 17.0. The first-order valence-corrected chi connectivity index (χ1v) is 17.6. The van der Waals surface area contributed by atoms with Gasteiger partial charge in [0.05, 0.1) is 0 Å². The molecule has 0 fully saturated rings. The fourth-order valence-electron chi connectivity index (χ4n) is 6.66. The van der Waals surface area contributed by atoms with Crippen LogP contribution in [-0.4, -0.2) is 5.11 Å². The first kappa shape index (κ1) is 35.6. The maximum Gasteiger partial charge on any atom is -0.358 e. The molecule has 44 heavy (non-hydrogen) atoms. The van der Waals surface area contributed by atoms with Crippen LogP contribution in [0.2, 0.25) is 0 Å². The Labute approximate surface area is 279 Å². The number of hydrogen-bond donors (Lipinski definition) is 0. The van der Waals surface area contributed by atoms with E-state index in [0.717, 1.165) is 30.7 Å². The first-order chi connectivity index (χ1) is 20.2. The molecule has 4 aliphatic rings. The van der Waals surface area contributed by atoms with Crippen molar-refractivity contribution in [3.63, 3.8) is 0 Å². The molecule has 0 heterocycles. The molecular weight excluding hydrogens is 582 g/mol. The minimum absolute atomic E-state index is 0. The summed E-state index contributed by atoms with van der Waals surface area (Å²) in [6.45, 7) is 22.4. The molecule has 0 unspecified atom stereocenters. The topological polar surface area (TPSA) is 0 Å². The zero-order chi connectivity index (χ0) is 31.7. The molecule has 3 aromatic carbocycles. The van der Waals surface area contributed by atoms with Gasteiger partial charge in [0, 0.05) is 5.41 Å². The summed E-state index contributed by atoms with van der Waals surface area (Å²) in [5, 5.41) is 3.38. The summed E-state index contributed by atoms with van der Waals surface area (Å²) >= 11 is 1.12. The third kappa shape index (κ3) is 7.32. The van der Waals surface area contributed by atoms with Crippen LogP contribution < -0.4 is 0 Å². The van der Waals surface area contributed by atoms with E-state index in [9.17, 15) is 0 Å². The van der Waals surface area contributed by atoms with Crippen molar-refractivity contribution >= 4 is 16.3 Å². The Morgan fingerprint density at radius 1 is 0.795 bits per heavy atom. The largest absolute Gasteiger partial charge is 0.358 e. The van der Waals surface area contributed by atoms with Crippen molar-refractivity contribution in [2.75, 3.05) is 0 Å². The summed E-state index contributed by atoms with van der Waals surface area (Å²) in [5.74, 6) is 0. The predicted octanol–water partition coefficient (Wildman–Crippen LogP) is 11.4. The van der Waals surface area contributed by atoms with Gasteiger partial charge in [0.1, 0.15) is 0 Å². The van der Waals surface area contributed by atoms with Crippen LogP contribution in [0.15, 0.2) is 72.3 Å². The second-order valence-corrected chi connectivity index (χ2v) is 14.3. The molecule has 0 atom stereocenters. The van der Waals surface area contributed by atoms with Gasteiger partial charge in [0.2, 0.25) is 0 Å². The van der Waals surface area contributed by atoms with Gasteiger partial charge >= 0.3 is 23.0 Å². The molecule has 0 N–H and O–H groups in total. The average Bonchev–Trinajstić information content (AvgIpc) is 3.70. The fourth-order valence-corrected chi connectivity index (χ4v) is 6.66. The molecule has 0 saturated carbocycles. The van der Waals surface area contributed by atoms with E-state index in [4.69, 9.17) is 0 Å². The zero-order valence-electron chi connectivity index (χ0n) is 29.2. The van der Waals surface area contributed by atoms with Gasteiger partial charge in [-0.25, -0.2) is 11.6 Å². The molecule has 0 spiro atoms. The van der Waals surface area contributed by atoms with Gasteiger partial charge < -0.3 is 7.43 Å². The molecule has 0 radical (unpaired) electrons. The number of fused-ring (bicyclic) bond motifs is 5. The van der Waals surface area contributed by atoms with Crippen LogP contribution in [0, 0.1) is 38.0 Å². The summed E-state index contributed by atoms with van der Waals surface area (Å²) in [6.07, 6.45) is 15.6. The molecule has 0 aliphatic heterocycles. The van der Waals surface area contributed by atoms with E-state index >= 15 is 0 Å². The van der Waals surface area contributed by atoms with Crippen molar-refractivity contribution in [2.45, 2.75) is 92.9 Å². The van der Waals surface area contributed by atoms with Gasteiger partial charge in [0.15, 0.2) is 0 Å².